The van der Waals surface area contributed by atoms with Crippen molar-refractivity contribution in [1.82, 2.24) is 0 Å². The van der Waals surface area contributed by atoms with E-state index in [-0.39, 0.29) is 0 Å². The third-order valence-corrected chi connectivity index (χ3v) is 12.6. The normalized spacial score (nSPS) is 12.9. The van der Waals surface area contributed by atoms with Gasteiger partial charge in [0.05, 0.1) is 16.8 Å². The van der Waals surface area contributed by atoms with Crippen LogP contribution in [-0.4, -0.2) is 0 Å². The number of hydrogen-bond donors (Lipinski definition) is 0. The number of rotatable bonds is 6. The Morgan fingerprint density at radius 1 is 0.254 bits per heavy atom. The molecule has 12 rings (SSSR count). The fourth-order valence-corrected chi connectivity index (χ4v) is 10.2. The maximum atomic E-state index is 2.49. The lowest BCUT2D eigenvalue weighted by atomic mass is 9.70. The van der Waals surface area contributed by atoms with Crippen LogP contribution < -0.4 is 9.80 Å². The fourth-order valence-electron chi connectivity index (χ4n) is 10.2. The Balaban J connectivity index is 1.14. The summed E-state index contributed by atoms with van der Waals surface area (Å²) in [4.78, 5) is 4.88. The second kappa shape index (κ2) is 13.2. The van der Waals surface area contributed by atoms with E-state index < -0.39 is 5.41 Å². The highest BCUT2D eigenvalue weighted by Gasteiger charge is 2.52. The van der Waals surface area contributed by atoms with Crippen LogP contribution in [0.1, 0.15) is 22.3 Å². The molecule has 0 heterocycles. The third kappa shape index (κ3) is 4.93. The van der Waals surface area contributed by atoms with Gasteiger partial charge >= 0.3 is 0 Å². The molecule has 0 aliphatic heterocycles. The molecule has 0 radical (unpaired) electrons. The maximum Gasteiger partial charge on any atom is 0.0727 e. The van der Waals surface area contributed by atoms with E-state index in [1.54, 1.807) is 0 Å². The van der Waals surface area contributed by atoms with E-state index in [0.717, 1.165) is 34.1 Å². The zero-order valence-electron chi connectivity index (χ0n) is 32.3. The molecule has 10 aromatic rings. The molecule has 2 aliphatic carbocycles. The van der Waals surface area contributed by atoms with Gasteiger partial charge in [0.15, 0.2) is 0 Å². The van der Waals surface area contributed by atoms with Crippen LogP contribution >= 0.6 is 0 Å². The molecule has 0 unspecified atom stereocenters. The maximum absolute atomic E-state index is 2.49. The van der Waals surface area contributed by atoms with Gasteiger partial charge in [-0.25, -0.2) is 0 Å². The van der Waals surface area contributed by atoms with Crippen LogP contribution in [0, 0.1) is 0 Å². The Morgan fingerprint density at radius 2 is 0.627 bits per heavy atom. The average Bonchev–Trinajstić information content (AvgIpc) is 3.77. The van der Waals surface area contributed by atoms with Crippen molar-refractivity contribution >= 4 is 55.7 Å². The van der Waals surface area contributed by atoms with E-state index in [0.29, 0.717) is 0 Å². The minimum Gasteiger partial charge on any atom is -0.310 e. The molecular weight excluding hydrogens is 713 g/mol. The summed E-state index contributed by atoms with van der Waals surface area (Å²) in [6, 6.07) is 84.9. The van der Waals surface area contributed by atoms with Gasteiger partial charge in [-0.2, -0.15) is 0 Å². The molecule has 0 aromatic heterocycles. The van der Waals surface area contributed by atoms with E-state index in [1.807, 2.05) is 0 Å². The van der Waals surface area contributed by atoms with Crippen molar-refractivity contribution in [3.8, 4) is 22.3 Å². The van der Waals surface area contributed by atoms with E-state index in [1.165, 1.54) is 66.1 Å². The van der Waals surface area contributed by atoms with Crippen LogP contribution in [0.5, 0.6) is 0 Å². The van der Waals surface area contributed by atoms with Crippen LogP contribution in [0.15, 0.2) is 231 Å². The van der Waals surface area contributed by atoms with Gasteiger partial charge in [0.25, 0.3) is 0 Å². The second-order valence-corrected chi connectivity index (χ2v) is 15.6. The molecule has 1 spiro atoms. The van der Waals surface area contributed by atoms with Crippen molar-refractivity contribution in [1.29, 1.82) is 0 Å². The van der Waals surface area contributed by atoms with Gasteiger partial charge < -0.3 is 9.80 Å². The van der Waals surface area contributed by atoms with E-state index in [4.69, 9.17) is 0 Å². The van der Waals surface area contributed by atoms with Crippen molar-refractivity contribution in [2.24, 2.45) is 0 Å². The molecule has 0 saturated heterocycles. The zero-order chi connectivity index (χ0) is 38.9. The molecule has 10 aromatic carbocycles. The van der Waals surface area contributed by atoms with Crippen molar-refractivity contribution < 1.29 is 0 Å². The predicted octanol–water partition coefficient (Wildman–Crippen LogP) is 15.3. The minimum atomic E-state index is -0.550. The average molecular weight is 751 g/mol. The highest BCUT2D eigenvalue weighted by atomic mass is 15.1. The molecule has 0 amide bonds. The number of benzene rings is 10. The fraction of sp³-hybridized carbons (Fsp3) is 0.0175. The van der Waals surface area contributed by atoms with E-state index >= 15 is 0 Å². The van der Waals surface area contributed by atoms with Crippen LogP contribution in [0.3, 0.4) is 0 Å². The monoisotopic (exact) mass is 750 g/mol. The van der Waals surface area contributed by atoms with E-state index in [2.05, 4.69) is 240 Å². The van der Waals surface area contributed by atoms with Gasteiger partial charge in [-0.15, -0.1) is 0 Å². The Hall–Kier alpha value is -7.68. The zero-order valence-corrected chi connectivity index (χ0v) is 32.3. The smallest absolute Gasteiger partial charge is 0.0727 e. The van der Waals surface area contributed by atoms with Gasteiger partial charge in [-0.3, -0.25) is 0 Å². The highest BCUT2D eigenvalue weighted by molar-refractivity contribution is 6.03. The van der Waals surface area contributed by atoms with Gasteiger partial charge in [-0.1, -0.05) is 170 Å². The minimum absolute atomic E-state index is 0.550. The lowest BCUT2D eigenvalue weighted by Gasteiger charge is -2.33. The molecule has 276 valence electrons. The third-order valence-electron chi connectivity index (χ3n) is 12.6. The molecule has 0 fully saturated rings. The van der Waals surface area contributed by atoms with Crippen molar-refractivity contribution in [3.63, 3.8) is 0 Å². The quantitative estimate of drug-likeness (QED) is 0.167. The first-order valence-corrected chi connectivity index (χ1v) is 20.4. The van der Waals surface area contributed by atoms with Crippen LogP contribution in [-0.2, 0) is 5.41 Å². The molecule has 0 saturated carbocycles. The summed E-state index contributed by atoms with van der Waals surface area (Å²) in [6.45, 7) is 0. The summed E-state index contributed by atoms with van der Waals surface area (Å²) in [7, 11) is 0. The molecule has 2 nitrogen and oxygen atoms in total. The Morgan fingerprint density at radius 3 is 1.10 bits per heavy atom. The molecule has 0 N–H and O–H groups in total. The Kier molecular flexibility index (Phi) is 7.48. The lowest BCUT2D eigenvalue weighted by molar-refractivity contribution is 0.793. The molecule has 59 heavy (non-hydrogen) atoms. The van der Waals surface area contributed by atoms with E-state index in [9.17, 15) is 0 Å². The molecule has 2 heteroatoms. The number of para-hydroxylation sites is 2. The van der Waals surface area contributed by atoms with Gasteiger partial charge in [0.2, 0.25) is 0 Å². The number of fused-ring (bicyclic) bond motifs is 12. The molecule has 0 atom stereocenters. The van der Waals surface area contributed by atoms with Crippen molar-refractivity contribution in [2.45, 2.75) is 5.41 Å². The summed E-state index contributed by atoms with van der Waals surface area (Å²) in [6.07, 6.45) is 0. The van der Waals surface area contributed by atoms with Crippen LogP contribution in [0.4, 0.5) is 34.1 Å². The standard InChI is InChI=1S/C57H38N2/c1-3-21-41(22-4-1)58(55-31-15-19-39-17-7-9-25-45(39)55)43-33-35-49-50-36-34-44(59(42-23-5-2-6-24-42)56-32-16-20-40-18-8-10-26-46(40)56)38-54(50)57(53(49)37-43)51-29-13-11-27-47(51)48-28-12-14-30-52(48)57/h1-38H. The first kappa shape index (κ1) is 33.5. The van der Waals surface area contributed by atoms with Crippen LogP contribution in [0.25, 0.3) is 43.8 Å². The second-order valence-electron chi connectivity index (χ2n) is 15.6. The Labute approximate surface area is 344 Å². The summed E-state index contributed by atoms with van der Waals surface area (Å²) in [5.41, 5.74) is 16.6. The first-order valence-electron chi connectivity index (χ1n) is 20.4. The summed E-state index contributed by atoms with van der Waals surface area (Å²) >= 11 is 0. The number of nitrogens with zero attached hydrogens (tertiary/aromatic N) is 2. The molecule has 0 bridgehead atoms. The Bertz CT molecular complexity index is 3010. The summed E-state index contributed by atoms with van der Waals surface area (Å²) < 4.78 is 0. The predicted molar refractivity (Wildman–Crippen MR) is 247 cm³/mol. The van der Waals surface area contributed by atoms with Crippen LogP contribution in [0.2, 0.25) is 0 Å². The first-order chi connectivity index (χ1) is 29.3. The topological polar surface area (TPSA) is 6.48 Å². The lowest BCUT2D eigenvalue weighted by Crippen LogP contribution is -2.26. The molecule has 2 aliphatic rings. The largest absolute Gasteiger partial charge is 0.310 e. The molecular formula is C57H38N2. The van der Waals surface area contributed by atoms with Crippen molar-refractivity contribution in [2.75, 3.05) is 9.80 Å². The highest BCUT2D eigenvalue weighted by Crippen LogP contribution is 2.64. The number of anilines is 6. The summed E-state index contributed by atoms with van der Waals surface area (Å²) in [5, 5.41) is 4.87. The van der Waals surface area contributed by atoms with Crippen molar-refractivity contribution in [3.05, 3.63) is 253 Å². The summed E-state index contributed by atoms with van der Waals surface area (Å²) in [5.74, 6) is 0. The van der Waals surface area contributed by atoms with Gasteiger partial charge in [0.1, 0.15) is 0 Å². The van der Waals surface area contributed by atoms with Gasteiger partial charge in [0, 0.05) is 33.5 Å². The SMILES string of the molecule is c1ccc(N(c2ccc3c(c2)C2(c4ccccc4-c4ccccc42)c2cc(N(c4ccccc4)c4cccc5ccccc45)ccc2-3)c2cccc3ccccc23)cc1. The number of hydrogen-bond acceptors (Lipinski definition) is 2. The van der Waals surface area contributed by atoms with Gasteiger partial charge in [-0.05, 0) is 116 Å².